The Hall–Kier alpha value is -11.1. The van der Waals surface area contributed by atoms with E-state index in [1.165, 1.54) is 16.7 Å². The Labute approximate surface area is 595 Å². The molecule has 15 aromatic rings. The van der Waals surface area contributed by atoms with E-state index < -0.39 is 218 Å². The number of pyridine rings is 1. The summed E-state index contributed by atoms with van der Waals surface area (Å²) in [6, 6.07) is 16.7. The molecule has 3 heterocycles. The number of benzene rings is 12. The van der Waals surface area contributed by atoms with Crippen LogP contribution in [0, 0.1) is 6.33 Å². The van der Waals surface area contributed by atoms with E-state index in [0.717, 1.165) is 38.5 Å². The average molecular weight is 1260 g/mol. The molecule has 3 aromatic heterocycles. The van der Waals surface area contributed by atoms with E-state index in [2.05, 4.69) is 58.5 Å². The van der Waals surface area contributed by atoms with Gasteiger partial charge in [0.05, 0.1) is 69.1 Å². The van der Waals surface area contributed by atoms with Crippen LogP contribution in [0.5, 0.6) is 11.5 Å². The number of ether oxygens (including phenoxy) is 1. The molecule has 0 amide bonds. The van der Waals surface area contributed by atoms with Gasteiger partial charge in [-0.3, -0.25) is 13.7 Å². The van der Waals surface area contributed by atoms with Gasteiger partial charge in [0.25, 0.3) is 6.33 Å². The van der Waals surface area contributed by atoms with E-state index in [9.17, 15) is 19.2 Å². The highest BCUT2D eigenvalue weighted by Crippen LogP contribution is 2.45. The van der Waals surface area contributed by atoms with Crippen molar-refractivity contribution >= 4 is 32.8 Å². The Bertz CT molecular complexity index is 6470. The average Bonchev–Trinajstić information content (AvgIpc) is 1.69. The molecule has 0 spiro atoms. The molecule has 12 aromatic carbocycles. The molecule has 462 valence electrons. The van der Waals surface area contributed by atoms with Crippen LogP contribution < -0.4 is 9.30 Å². The first-order valence-corrected chi connectivity index (χ1v) is 31.0. The quantitative estimate of drug-likeness (QED) is 0.0903. The van der Waals surface area contributed by atoms with Gasteiger partial charge in [-0.2, -0.15) is 0 Å². The van der Waals surface area contributed by atoms with Crippen molar-refractivity contribution in [3.8, 4) is 107 Å². The van der Waals surface area contributed by atoms with Crippen LogP contribution in [-0.4, -0.2) is 14.1 Å². The Morgan fingerprint density at radius 2 is 0.874 bits per heavy atom. The Morgan fingerprint density at radius 1 is 0.379 bits per heavy atom. The van der Waals surface area contributed by atoms with E-state index >= 15 is 0 Å². The third kappa shape index (κ3) is 11.8. The van der Waals surface area contributed by atoms with Gasteiger partial charge >= 0.3 is 0 Å². The fourth-order valence-electron chi connectivity index (χ4n) is 11.8. The molecule has 0 aliphatic rings. The van der Waals surface area contributed by atoms with Crippen molar-refractivity contribution in [1.29, 1.82) is 0 Å². The van der Waals surface area contributed by atoms with E-state index in [1.54, 1.807) is 67.9 Å². The smallest absolute Gasteiger partial charge is 0.269 e. The number of imidazole rings is 1. The molecule has 0 aliphatic carbocycles. The molecule has 5 nitrogen and oxygen atoms in total. The van der Waals surface area contributed by atoms with Crippen LogP contribution in [0.15, 0.2) is 297 Å². The van der Waals surface area contributed by atoms with Crippen molar-refractivity contribution in [1.82, 2.24) is 14.1 Å². The van der Waals surface area contributed by atoms with Gasteiger partial charge in [0, 0.05) is 23.0 Å². The fourth-order valence-corrected chi connectivity index (χ4v) is 11.8. The minimum absolute atomic E-state index is 0.175. The summed E-state index contributed by atoms with van der Waals surface area (Å²) >= 11 is 0. The highest BCUT2D eigenvalue weighted by atomic mass is 16.5. The summed E-state index contributed by atoms with van der Waals surface area (Å²) in [6.45, 7) is 17.8. The third-order valence-corrected chi connectivity index (χ3v) is 16.8. The van der Waals surface area contributed by atoms with E-state index in [-0.39, 0.29) is 38.7 Å². The van der Waals surface area contributed by atoms with Crippen molar-refractivity contribution in [2.75, 3.05) is 0 Å². The van der Waals surface area contributed by atoms with E-state index in [0.29, 0.717) is 34.1 Å². The first-order valence-electron chi connectivity index (χ1n) is 44.0. The first kappa shape index (κ1) is 37.5. The highest BCUT2D eigenvalue weighted by molar-refractivity contribution is 6.09. The topological polar surface area (TPSA) is 35.9 Å². The normalized spacial score (nSPS) is 15.9. The minimum Gasteiger partial charge on any atom is -0.458 e. The van der Waals surface area contributed by atoms with Crippen molar-refractivity contribution in [3.63, 3.8) is 0 Å². The van der Waals surface area contributed by atoms with Crippen LogP contribution in [0.2, 0.25) is 0 Å². The number of rotatable bonds is 12. The second-order valence-electron chi connectivity index (χ2n) is 26.3. The summed E-state index contributed by atoms with van der Waals surface area (Å²) in [6.07, 6.45) is 5.34. The van der Waals surface area contributed by atoms with E-state index in [4.69, 9.17) is 26.2 Å². The first-order chi connectivity index (χ1) is 56.8. The van der Waals surface area contributed by atoms with Crippen molar-refractivity contribution in [3.05, 3.63) is 320 Å². The molecule has 0 unspecified atom stereocenters. The summed E-state index contributed by atoms with van der Waals surface area (Å²) in [7, 11) is 0. The van der Waals surface area contributed by atoms with Gasteiger partial charge in [0.1, 0.15) is 17.3 Å². The monoisotopic (exact) mass is 1250 g/mol. The zero-order chi connectivity index (χ0) is 87.8. The van der Waals surface area contributed by atoms with Crippen LogP contribution in [0.3, 0.4) is 0 Å². The Kier molecular flexibility index (Phi) is 9.51. The van der Waals surface area contributed by atoms with Gasteiger partial charge in [-0.15, -0.1) is 0 Å². The van der Waals surface area contributed by atoms with E-state index in [1.807, 2.05) is 78.9 Å². The molecular formula is C90H76N4O. The zero-order valence-electron chi connectivity index (χ0n) is 79.5. The standard InChI is InChI=1S/C90H76N4O/c1-88(2,3)72-40-37-64(38-41-72)65-39-44-83-85(53-65)92(75-33-24-34-76(57-75)95-77-42-43-79-78-35-22-23-36-82(78)94(84(79)58-77)86-56-73(45-46-91-86)89(4,5)6)59-93(83)87-80(70-49-66(60-25-14-10-15-26-60)47-67(50-70)61-27-16-11-17-28-61)54-74(90(7,8)9)55-81(87)71-51-68(62-29-18-12-19-30-62)48-69(52-71)63-31-20-13-21-32-63/h10-58H,1-9H3/i10D,11D,12D,13D,14D,15D,16D,17D,18D,19D,20D,21D,25D,26D,27D,28D,29D,30D,31D,32D,47D,48D,49D,50D,51D,52D. The molecule has 95 heavy (non-hydrogen) atoms. The SMILES string of the molecule is [2H]c1c([2H])c([2H])c(-c2c([2H])c(-c3cc(C(C)(C)C)cc(-c4c([2H])c(-c5c([2H])c([2H])c([2H])c([2H])c5[2H])c([2H])c(-c5c([2H])c([2H])c([2H])c([2H])c5[2H])c4[2H])c3-[n+]3[c-]n(-c4cccc(Oc5ccc6c7ccccc7n(-c7cc(C(C)(C)C)ccn7)c6c5)c4)c4cc(-c5ccc(C(C)(C)C)cc5)ccc43)c([2H])c(-c3c([2H])c([2H])c([2H])c([2H])c3[2H])c2[2H])c([2H])c1[2H]. The molecule has 0 saturated heterocycles. The van der Waals surface area contributed by atoms with Crippen LogP contribution in [-0.2, 0) is 16.2 Å². The third-order valence-electron chi connectivity index (χ3n) is 16.8. The van der Waals surface area contributed by atoms with Crippen molar-refractivity contribution in [2.45, 2.75) is 78.6 Å². The number of hydrogen-bond donors (Lipinski definition) is 0. The lowest BCUT2D eigenvalue weighted by Gasteiger charge is -2.26. The predicted molar refractivity (Wildman–Crippen MR) is 396 cm³/mol. The van der Waals surface area contributed by atoms with Gasteiger partial charge in [-0.25, -0.2) is 4.98 Å². The van der Waals surface area contributed by atoms with Crippen LogP contribution in [0.1, 0.15) is 115 Å². The lowest BCUT2D eigenvalue weighted by molar-refractivity contribution is -0.571. The van der Waals surface area contributed by atoms with Gasteiger partial charge in [-0.1, -0.05) is 256 Å². The van der Waals surface area contributed by atoms with Crippen LogP contribution in [0.4, 0.5) is 0 Å². The largest absolute Gasteiger partial charge is 0.458 e. The molecule has 0 radical (unpaired) electrons. The number of para-hydroxylation sites is 1. The summed E-state index contributed by atoms with van der Waals surface area (Å²) in [5.41, 5.74) is -4.14. The predicted octanol–water partition coefficient (Wildman–Crippen LogP) is 23.6. The minimum atomic E-state index is -1.19. The molecule has 5 heteroatoms. The highest BCUT2D eigenvalue weighted by Gasteiger charge is 2.27. The molecule has 0 atom stereocenters. The molecule has 0 N–H and O–H groups in total. The molecule has 0 saturated carbocycles. The van der Waals surface area contributed by atoms with Gasteiger partial charge < -0.3 is 4.74 Å². The van der Waals surface area contributed by atoms with Crippen LogP contribution in [0.25, 0.3) is 128 Å². The summed E-state index contributed by atoms with van der Waals surface area (Å²) in [4.78, 5) is 4.88. The van der Waals surface area contributed by atoms with Crippen molar-refractivity contribution < 1.29 is 44.9 Å². The summed E-state index contributed by atoms with van der Waals surface area (Å²) < 4.78 is 259. The summed E-state index contributed by atoms with van der Waals surface area (Å²) in [5.74, 6) is 1.38. The second-order valence-corrected chi connectivity index (χ2v) is 26.3. The maximum absolute atomic E-state index is 10.8. The van der Waals surface area contributed by atoms with Gasteiger partial charge in [0.15, 0.2) is 0 Å². The maximum Gasteiger partial charge on any atom is 0.269 e. The Balaban J connectivity index is 1.13. The van der Waals surface area contributed by atoms with Crippen molar-refractivity contribution in [2.24, 2.45) is 0 Å². The molecule has 15 rings (SSSR count). The van der Waals surface area contributed by atoms with Gasteiger partial charge in [0.2, 0.25) is 0 Å². The maximum atomic E-state index is 10.8. The number of hydrogen-bond acceptors (Lipinski definition) is 2. The lowest BCUT2D eigenvalue weighted by atomic mass is 9.81. The van der Waals surface area contributed by atoms with Crippen LogP contribution >= 0.6 is 0 Å². The molecule has 0 bridgehead atoms. The summed E-state index contributed by atoms with van der Waals surface area (Å²) in [5, 5.41) is 1.88. The molecule has 0 aliphatic heterocycles. The molecular weight excluding hydrogens is 1150 g/mol. The number of fused-ring (bicyclic) bond motifs is 4. The molecule has 0 fully saturated rings. The zero-order valence-corrected chi connectivity index (χ0v) is 53.5. The Morgan fingerprint density at radius 3 is 1.41 bits per heavy atom. The fraction of sp³-hybridized carbons (Fsp3) is 0.133. The second kappa shape index (κ2) is 24.1. The number of nitrogens with zero attached hydrogens (tertiary/aromatic N) is 4. The lowest BCUT2D eigenvalue weighted by Crippen LogP contribution is -2.32. The van der Waals surface area contributed by atoms with Gasteiger partial charge in [-0.05, 0) is 202 Å². The number of aromatic nitrogens is 4.